The molecule has 1 aromatic rings. The van der Waals surface area contributed by atoms with Gasteiger partial charge in [0.25, 0.3) is 0 Å². The Morgan fingerprint density at radius 2 is 2.21 bits per heavy atom. The van der Waals surface area contributed by atoms with Crippen molar-refractivity contribution in [1.82, 2.24) is 5.32 Å². The second-order valence-corrected chi connectivity index (χ2v) is 4.15. The van der Waals surface area contributed by atoms with Gasteiger partial charge in [-0.1, -0.05) is 17.7 Å². The zero-order valence-electron chi connectivity index (χ0n) is 8.06. The molecule has 3 heteroatoms. The Hall–Kier alpha value is -0.600. The molecule has 1 saturated carbocycles. The van der Waals surface area contributed by atoms with E-state index in [1.807, 2.05) is 7.05 Å². The molecule has 0 radical (unpaired) electrons. The maximum absolute atomic E-state index is 13.6. The summed E-state index contributed by atoms with van der Waals surface area (Å²) in [7, 11) is 1.85. The number of benzene rings is 1. The zero-order valence-corrected chi connectivity index (χ0v) is 8.81. The van der Waals surface area contributed by atoms with Crippen LogP contribution in [-0.2, 0) is 0 Å². The summed E-state index contributed by atoms with van der Waals surface area (Å²) in [4.78, 5) is 0. The largest absolute Gasteiger partial charge is 0.313 e. The molecule has 1 nitrogen and oxygen atoms in total. The van der Waals surface area contributed by atoms with E-state index < -0.39 is 0 Å². The van der Waals surface area contributed by atoms with Crippen molar-refractivity contribution in [2.24, 2.45) is 5.92 Å². The van der Waals surface area contributed by atoms with Gasteiger partial charge in [-0.3, -0.25) is 0 Å². The van der Waals surface area contributed by atoms with Crippen molar-refractivity contribution in [3.8, 4) is 0 Å². The van der Waals surface area contributed by atoms with Crippen LogP contribution in [0.15, 0.2) is 18.2 Å². The van der Waals surface area contributed by atoms with Crippen molar-refractivity contribution in [3.05, 3.63) is 34.6 Å². The van der Waals surface area contributed by atoms with Crippen LogP contribution >= 0.6 is 11.6 Å². The van der Waals surface area contributed by atoms with Gasteiger partial charge in [0.15, 0.2) is 0 Å². The Balaban J connectivity index is 2.36. The molecule has 0 aromatic heterocycles. The third-order valence-corrected chi connectivity index (χ3v) is 3.04. The highest BCUT2D eigenvalue weighted by atomic mass is 35.5. The zero-order chi connectivity index (χ0) is 10.1. The van der Waals surface area contributed by atoms with Crippen molar-refractivity contribution < 1.29 is 4.39 Å². The normalized spacial score (nSPS) is 18.2. The average molecular weight is 214 g/mol. The lowest BCUT2D eigenvalue weighted by Crippen LogP contribution is -2.20. The second-order valence-electron chi connectivity index (χ2n) is 3.74. The molecule has 2 rings (SSSR count). The summed E-state index contributed by atoms with van der Waals surface area (Å²) in [5.74, 6) is 0.346. The SMILES string of the molecule is CNC(c1c(F)cccc1Cl)C1CC1. The highest BCUT2D eigenvalue weighted by Gasteiger charge is 2.33. The minimum absolute atomic E-state index is 0.0729. The van der Waals surface area contributed by atoms with Crippen LogP contribution in [0.1, 0.15) is 24.4 Å². The fraction of sp³-hybridized carbons (Fsp3) is 0.455. The molecule has 0 heterocycles. The van der Waals surface area contributed by atoms with Crippen LogP contribution < -0.4 is 5.32 Å². The molecule has 0 bridgehead atoms. The first-order valence-corrected chi connectivity index (χ1v) is 5.23. The predicted octanol–water partition coefficient (Wildman–Crippen LogP) is 3.15. The monoisotopic (exact) mass is 213 g/mol. The molecule has 1 aliphatic carbocycles. The molecule has 0 aliphatic heterocycles. The first kappa shape index (κ1) is 9.94. The summed E-state index contributed by atoms with van der Waals surface area (Å²) >= 11 is 5.99. The first-order chi connectivity index (χ1) is 6.74. The molecule has 1 aromatic carbocycles. The lowest BCUT2D eigenvalue weighted by atomic mass is 10.0. The summed E-state index contributed by atoms with van der Waals surface area (Å²) in [5, 5.41) is 3.66. The highest BCUT2D eigenvalue weighted by Crippen LogP contribution is 2.43. The van der Waals surface area contributed by atoms with Crippen LogP contribution in [-0.4, -0.2) is 7.05 Å². The molecular weight excluding hydrogens is 201 g/mol. The molecule has 1 atom stereocenters. The van der Waals surface area contributed by atoms with E-state index in [-0.39, 0.29) is 11.9 Å². The van der Waals surface area contributed by atoms with Crippen molar-refractivity contribution in [1.29, 1.82) is 0 Å². The van der Waals surface area contributed by atoms with E-state index in [9.17, 15) is 4.39 Å². The summed E-state index contributed by atoms with van der Waals surface area (Å²) in [6.07, 6.45) is 2.33. The number of nitrogens with one attached hydrogen (secondary N) is 1. The van der Waals surface area contributed by atoms with Gasteiger partial charge in [-0.15, -0.1) is 0 Å². The highest BCUT2D eigenvalue weighted by molar-refractivity contribution is 6.31. The summed E-state index contributed by atoms with van der Waals surface area (Å²) in [6.45, 7) is 0. The smallest absolute Gasteiger partial charge is 0.129 e. The minimum atomic E-state index is -0.205. The van der Waals surface area contributed by atoms with Gasteiger partial charge in [0.1, 0.15) is 5.82 Å². The third-order valence-electron chi connectivity index (χ3n) is 2.72. The van der Waals surface area contributed by atoms with E-state index in [1.165, 1.54) is 6.07 Å². The lowest BCUT2D eigenvalue weighted by molar-refractivity contribution is 0.493. The van der Waals surface area contributed by atoms with Crippen LogP contribution in [0.4, 0.5) is 4.39 Å². The fourth-order valence-corrected chi connectivity index (χ4v) is 2.13. The predicted molar refractivity (Wildman–Crippen MR) is 55.9 cm³/mol. The minimum Gasteiger partial charge on any atom is -0.313 e. The molecule has 1 unspecified atom stereocenters. The Morgan fingerprint density at radius 3 is 2.71 bits per heavy atom. The maximum atomic E-state index is 13.6. The van der Waals surface area contributed by atoms with Gasteiger partial charge in [-0.05, 0) is 37.9 Å². The van der Waals surface area contributed by atoms with E-state index in [4.69, 9.17) is 11.6 Å². The van der Waals surface area contributed by atoms with Gasteiger partial charge >= 0.3 is 0 Å². The Kier molecular flexibility index (Phi) is 2.75. The maximum Gasteiger partial charge on any atom is 0.129 e. The van der Waals surface area contributed by atoms with Crippen molar-refractivity contribution in [3.63, 3.8) is 0 Å². The standard InChI is InChI=1S/C11H13ClFN/c1-14-11(7-5-6-7)10-8(12)3-2-4-9(10)13/h2-4,7,11,14H,5-6H2,1H3. The van der Waals surface area contributed by atoms with E-state index in [0.29, 0.717) is 16.5 Å². The Morgan fingerprint density at radius 1 is 1.50 bits per heavy atom. The van der Waals surface area contributed by atoms with Crippen molar-refractivity contribution >= 4 is 11.6 Å². The van der Waals surface area contributed by atoms with Gasteiger partial charge < -0.3 is 5.32 Å². The number of halogens is 2. The Labute approximate surface area is 88.3 Å². The molecule has 0 spiro atoms. The lowest BCUT2D eigenvalue weighted by Gasteiger charge is -2.17. The molecule has 0 saturated heterocycles. The molecule has 1 aliphatic rings. The molecule has 76 valence electrons. The molecule has 1 fully saturated rings. The third kappa shape index (κ3) is 1.77. The van der Waals surface area contributed by atoms with Crippen molar-refractivity contribution in [2.75, 3.05) is 7.05 Å². The van der Waals surface area contributed by atoms with Crippen molar-refractivity contribution in [2.45, 2.75) is 18.9 Å². The quantitative estimate of drug-likeness (QED) is 0.814. The van der Waals surface area contributed by atoms with E-state index in [2.05, 4.69) is 5.32 Å². The van der Waals surface area contributed by atoms with E-state index >= 15 is 0 Å². The number of hydrogen-bond acceptors (Lipinski definition) is 1. The molecule has 14 heavy (non-hydrogen) atoms. The van der Waals surface area contributed by atoms with Gasteiger partial charge in [0, 0.05) is 16.6 Å². The molecular formula is C11H13ClFN. The first-order valence-electron chi connectivity index (χ1n) is 4.85. The topological polar surface area (TPSA) is 12.0 Å². The molecule has 0 amide bonds. The van der Waals surface area contributed by atoms with Crippen LogP contribution in [0.25, 0.3) is 0 Å². The van der Waals surface area contributed by atoms with Crippen LogP contribution in [0, 0.1) is 11.7 Å². The summed E-state index contributed by atoms with van der Waals surface area (Å²) in [6, 6.07) is 4.92. The fourth-order valence-electron chi connectivity index (χ4n) is 1.85. The molecule has 1 N–H and O–H groups in total. The number of rotatable bonds is 3. The second kappa shape index (κ2) is 3.87. The summed E-state index contributed by atoms with van der Waals surface area (Å²) in [5.41, 5.74) is 0.624. The average Bonchev–Trinajstić information content (AvgIpc) is 2.95. The van der Waals surface area contributed by atoms with Gasteiger partial charge in [0.2, 0.25) is 0 Å². The van der Waals surface area contributed by atoms with Crippen LogP contribution in [0.2, 0.25) is 5.02 Å². The number of hydrogen-bond donors (Lipinski definition) is 1. The van der Waals surface area contributed by atoms with Gasteiger partial charge in [-0.25, -0.2) is 4.39 Å². The van der Waals surface area contributed by atoms with Gasteiger partial charge in [-0.2, -0.15) is 0 Å². The van der Waals surface area contributed by atoms with E-state index in [1.54, 1.807) is 12.1 Å². The Bertz CT molecular complexity index is 316. The van der Waals surface area contributed by atoms with E-state index in [0.717, 1.165) is 12.8 Å². The van der Waals surface area contributed by atoms with Gasteiger partial charge in [0.05, 0.1) is 0 Å². The van der Waals surface area contributed by atoms with Crippen LogP contribution in [0.3, 0.4) is 0 Å². The van der Waals surface area contributed by atoms with Crippen LogP contribution in [0.5, 0.6) is 0 Å². The summed E-state index contributed by atoms with van der Waals surface area (Å²) < 4.78 is 13.6.